The molecule has 0 aliphatic rings. The van der Waals surface area contributed by atoms with Crippen LogP contribution in [0.15, 0.2) is 0 Å². The first-order chi connectivity index (χ1) is 8.15. The molecule has 106 valence electrons. The first kappa shape index (κ1) is 16.9. The molecular formula is C14H27NO3. The summed E-state index contributed by atoms with van der Waals surface area (Å²) >= 11 is 0. The molecule has 0 spiro atoms. The Labute approximate surface area is 110 Å². The van der Waals surface area contributed by atoms with E-state index in [1.54, 1.807) is 18.9 Å². The third-order valence-electron chi connectivity index (χ3n) is 3.99. The van der Waals surface area contributed by atoms with Gasteiger partial charge in [-0.05, 0) is 18.8 Å². The Bertz CT molecular complexity index is 301. The van der Waals surface area contributed by atoms with Gasteiger partial charge in [0.1, 0.15) is 0 Å². The summed E-state index contributed by atoms with van der Waals surface area (Å²) in [5.74, 6) is -0.623. The lowest BCUT2D eigenvalue weighted by Gasteiger charge is -2.31. The van der Waals surface area contributed by atoms with Crippen molar-refractivity contribution in [2.45, 2.75) is 47.5 Å². The molecule has 0 saturated carbocycles. The van der Waals surface area contributed by atoms with Crippen LogP contribution in [0, 0.1) is 17.3 Å². The van der Waals surface area contributed by atoms with Gasteiger partial charge in [-0.2, -0.15) is 0 Å². The summed E-state index contributed by atoms with van der Waals surface area (Å²) in [5.41, 5.74) is -0.985. The Morgan fingerprint density at radius 2 is 1.78 bits per heavy atom. The molecule has 0 aliphatic heterocycles. The van der Waals surface area contributed by atoms with Gasteiger partial charge < -0.3 is 10.0 Å². The molecule has 4 heteroatoms. The molecule has 0 heterocycles. The highest BCUT2D eigenvalue weighted by Crippen LogP contribution is 2.32. The summed E-state index contributed by atoms with van der Waals surface area (Å²) in [6.07, 6.45) is 1.07. The van der Waals surface area contributed by atoms with Gasteiger partial charge in [0.15, 0.2) is 0 Å². The van der Waals surface area contributed by atoms with Gasteiger partial charge in [-0.3, -0.25) is 9.59 Å². The third-order valence-corrected chi connectivity index (χ3v) is 3.99. The standard InChI is InChI=1S/C14H27NO3/c1-7-11(4)9-15(6)12(16)8-14(5,10(2)3)13(17)18/h10-11H,7-9H2,1-6H3,(H,17,18). The van der Waals surface area contributed by atoms with Crippen molar-refractivity contribution in [1.82, 2.24) is 4.90 Å². The van der Waals surface area contributed by atoms with Crippen LogP contribution in [0.1, 0.15) is 47.5 Å². The molecule has 0 aromatic rings. The van der Waals surface area contributed by atoms with Crippen LogP contribution in [0.2, 0.25) is 0 Å². The SMILES string of the molecule is CCC(C)CN(C)C(=O)CC(C)(C(=O)O)C(C)C. The van der Waals surface area contributed by atoms with Crippen LogP contribution >= 0.6 is 0 Å². The molecular weight excluding hydrogens is 230 g/mol. The van der Waals surface area contributed by atoms with E-state index in [0.717, 1.165) is 6.42 Å². The molecule has 1 amide bonds. The topological polar surface area (TPSA) is 57.6 Å². The van der Waals surface area contributed by atoms with Crippen molar-refractivity contribution in [3.8, 4) is 0 Å². The minimum absolute atomic E-state index is 0.0624. The fourth-order valence-electron chi connectivity index (χ4n) is 1.67. The van der Waals surface area contributed by atoms with E-state index in [9.17, 15) is 14.7 Å². The monoisotopic (exact) mass is 257 g/mol. The van der Waals surface area contributed by atoms with E-state index in [0.29, 0.717) is 12.5 Å². The molecule has 18 heavy (non-hydrogen) atoms. The Balaban J connectivity index is 4.67. The summed E-state index contributed by atoms with van der Waals surface area (Å²) < 4.78 is 0. The molecule has 0 rings (SSSR count). The van der Waals surface area contributed by atoms with Crippen molar-refractivity contribution in [3.63, 3.8) is 0 Å². The zero-order chi connectivity index (χ0) is 14.5. The number of carbonyl (C=O) groups is 2. The van der Waals surface area contributed by atoms with E-state index in [1.807, 2.05) is 13.8 Å². The lowest BCUT2D eigenvalue weighted by atomic mass is 9.76. The number of rotatable bonds is 7. The van der Waals surface area contributed by atoms with Crippen LogP contribution in [0.5, 0.6) is 0 Å². The first-order valence-corrected chi connectivity index (χ1v) is 6.62. The minimum atomic E-state index is -0.985. The van der Waals surface area contributed by atoms with Crippen LogP contribution in [0.25, 0.3) is 0 Å². The van der Waals surface area contributed by atoms with Gasteiger partial charge in [0.25, 0.3) is 0 Å². The number of amides is 1. The summed E-state index contributed by atoms with van der Waals surface area (Å²) in [5, 5.41) is 9.29. The Morgan fingerprint density at radius 3 is 2.11 bits per heavy atom. The maximum atomic E-state index is 12.1. The Morgan fingerprint density at radius 1 is 1.28 bits per heavy atom. The summed E-state index contributed by atoms with van der Waals surface area (Å²) in [6, 6.07) is 0. The summed E-state index contributed by atoms with van der Waals surface area (Å²) in [4.78, 5) is 25.1. The molecule has 4 nitrogen and oxygen atoms in total. The molecule has 0 bridgehead atoms. The number of hydrogen-bond donors (Lipinski definition) is 1. The largest absolute Gasteiger partial charge is 0.481 e. The van der Waals surface area contributed by atoms with E-state index in [4.69, 9.17) is 0 Å². The third kappa shape index (κ3) is 4.31. The summed E-state index contributed by atoms with van der Waals surface area (Å²) in [6.45, 7) is 10.2. The summed E-state index contributed by atoms with van der Waals surface area (Å²) in [7, 11) is 1.75. The maximum absolute atomic E-state index is 12.1. The second kappa shape index (κ2) is 6.76. The highest BCUT2D eigenvalue weighted by molar-refractivity contribution is 5.84. The predicted octanol–water partition coefficient (Wildman–Crippen LogP) is 2.63. The number of hydrogen-bond acceptors (Lipinski definition) is 2. The van der Waals surface area contributed by atoms with E-state index in [-0.39, 0.29) is 18.2 Å². The Hall–Kier alpha value is -1.06. The van der Waals surface area contributed by atoms with Crippen molar-refractivity contribution in [2.75, 3.05) is 13.6 Å². The average Bonchev–Trinajstić information content (AvgIpc) is 2.27. The van der Waals surface area contributed by atoms with Gasteiger partial charge in [0.05, 0.1) is 5.41 Å². The van der Waals surface area contributed by atoms with Gasteiger partial charge in [0.2, 0.25) is 5.91 Å². The quantitative estimate of drug-likeness (QED) is 0.762. The van der Waals surface area contributed by atoms with Crippen LogP contribution in [-0.2, 0) is 9.59 Å². The van der Waals surface area contributed by atoms with Crippen LogP contribution < -0.4 is 0 Å². The molecule has 0 fully saturated rings. The van der Waals surface area contributed by atoms with Gasteiger partial charge >= 0.3 is 5.97 Å². The fourth-order valence-corrected chi connectivity index (χ4v) is 1.67. The molecule has 0 radical (unpaired) electrons. The Kier molecular flexibility index (Phi) is 6.36. The van der Waals surface area contributed by atoms with Gasteiger partial charge in [-0.25, -0.2) is 0 Å². The van der Waals surface area contributed by atoms with Crippen LogP contribution in [0.4, 0.5) is 0 Å². The van der Waals surface area contributed by atoms with Gasteiger partial charge in [-0.15, -0.1) is 0 Å². The smallest absolute Gasteiger partial charge is 0.310 e. The number of carboxylic acids is 1. The number of carbonyl (C=O) groups excluding carboxylic acids is 1. The predicted molar refractivity (Wildman–Crippen MR) is 72.3 cm³/mol. The first-order valence-electron chi connectivity index (χ1n) is 6.62. The number of nitrogens with zero attached hydrogens (tertiary/aromatic N) is 1. The van der Waals surface area contributed by atoms with Crippen molar-refractivity contribution in [3.05, 3.63) is 0 Å². The average molecular weight is 257 g/mol. The lowest BCUT2D eigenvalue weighted by molar-refractivity contribution is -0.155. The minimum Gasteiger partial charge on any atom is -0.481 e. The number of aliphatic carboxylic acids is 1. The molecule has 0 aromatic carbocycles. The van der Waals surface area contributed by atoms with Crippen molar-refractivity contribution in [1.29, 1.82) is 0 Å². The molecule has 0 aromatic heterocycles. The van der Waals surface area contributed by atoms with E-state index >= 15 is 0 Å². The van der Waals surface area contributed by atoms with Crippen molar-refractivity contribution < 1.29 is 14.7 Å². The molecule has 0 aliphatic carbocycles. The second-order valence-electron chi connectivity index (χ2n) is 5.84. The molecule has 2 unspecified atom stereocenters. The molecule has 1 N–H and O–H groups in total. The van der Waals surface area contributed by atoms with Crippen molar-refractivity contribution >= 4 is 11.9 Å². The maximum Gasteiger partial charge on any atom is 0.310 e. The molecule has 2 atom stereocenters. The van der Waals surface area contributed by atoms with Gasteiger partial charge in [0, 0.05) is 20.0 Å². The fraction of sp³-hybridized carbons (Fsp3) is 0.857. The van der Waals surface area contributed by atoms with E-state index < -0.39 is 11.4 Å². The zero-order valence-electron chi connectivity index (χ0n) is 12.5. The van der Waals surface area contributed by atoms with Crippen molar-refractivity contribution in [2.24, 2.45) is 17.3 Å². The normalized spacial score (nSPS) is 16.2. The lowest BCUT2D eigenvalue weighted by Crippen LogP contribution is -2.40. The van der Waals surface area contributed by atoms with E-state index in [1.165, 1.54) is 0 Å². The zero-order valence-corrected chi connectivity index (χ0v) is 12.5. The van der Waals surface area contributed by atoms with Crippen LogP contribution in [-0.4, -0.2) is 35.5 Å². The van der Waals surface area contributed by atoms with Gasteiger partial charge in [-0.1, -0.05) is 34.1 Å². The van der Waals surface area contributed by atoms with E-state index in [2.05, 4.69) is 13.8 Å². The highest BCUT2D eigenvalue weighted by atomic mass is 16.4. The second-order valence-corrected chi connectivity index (χ2v) is 5.84. The molecule has 0 saturated heterocycles. The highest BCUT2D eigenvalue weighted by Gasteiger charge is 2.39. The van der Waals surface area contributed by atoms with Crippen LogP contribution in [0.3, 0.4) is 0 Å². The number of carboxylic acid groups (broad SMARTS) is 1.